The van der Waals surface area contributed by atoms with Crippen molar-refractivity contribution in [1.29, 1.82) is 0 Å². The number of hydrogen-bond donors (Lipinski definition) is 1. The second-order valence-electron chi connectivity index (χ2n) is 6.59. The second-order valence-corrected chi connectivity index (χ2v) is 9.53. The number of anilines is 1. The molecule has 0 spiro atoms. The van der Waals surface area contributed by atoms with Crippen LogP contribution in [0.1, 0.15) is 15.9 Å². The van der Waals surface area contributed by atoms with Crippen LogP contribution < -0.4 is 5.32 Å². The number of nitrogens with one attached hydrogen (secondary N) is 1. The van der Waals surface area contributed by atoms with Gasteiger partial charge in [-0.1, -0.05) is 30.3 Å². The molecule has 9 heteroatoms. The molecule has 0 bridgehead atoms. The van der Waals surface area contributed by atoms with Crippen LogP contribution in [0, 0.1) is 0 Å². The maximum Gasteiger partial charge on any atom is 0.256 e. The summed E-state index contributed by atoms with van der Waals surface area (Å²) < 4.78 is 27.0. The fourth-order valence-electron chi connectivity index (χ4n) is 2.95. The minimum atomic E-state index is -3.68. The summed E-state index contributed by atoms with van der Waals surface area (Å²) in [6.07, 6.45) is 1.40. The van der Waals surface area contributed by atoms with Crippen molar-refractivity contribution in [2.45, 2.75) is 11.4 Å². The number of sulfonamides is 1. The molecule has 0 atom stereocenters. The summed E-state index contributed by atoms with van der Waals surface area (Å²) in [5, 5.41) is 5.39. The topological polar surface area (TPSA) is 92.3 Å². The SMILES string of the molecule is CN(Cc1ccccc1)S(=O)(=O)c1ccc(C(=O)Nc2ncnc3sccc23)cc1. The van der Waals surface area contributed by atoms with Crippen molar-refractivity contribution < 1.29 is 13.2 Å². The molecule has 30 heavy (non-hydrogen) atoms. The number of fused-ring (bicyclic) bond motifs is 1. The lowest BCUT2D eigenvalue weighted by atomic mass is 10.2. The molecule has 0 saturated carbocycles. The minimum absolute atomic E-state index is 0.125. The maximum atomic E-state index is 12.8. The molecule has 0 aliphatic carbocycles. The van der Waals surface area contributed by atoms with Crippen LogP contribution in [0.25, 0.3) is 10.2 Å². The summed E-state index contributed by atoms with van der Waals surface area (Å²) in [6, 6.07) is 17.1. The fourth-order valence-corrected chi connectivity index (χ4v) is 4.84. The number of amides is 1. The van der Waals surface area contributed by atoms with Crippen molar-refractivity contribution in [2.75, 3.05) is 12.4 Å². The van der Waals surface area contributed by atoms with Crippen molar-refractivity contribution in [3.8, 4) is 0 Å². The third-order valence-corrected chi connectivity index (χ3v) is 7.20. The molecule has 152 valence electrons. The maximum absolute atomic E-state index is 12.8. The minimum Gasteiger partial charge on any atom is -0.306 e. The Hall–Kier alpha value is -3.14. The predicted molar refractivity (Wildman–Crippen MR) is 117 cm³/mol. The number of hydrogen-bond acceptors (Lipinski definition) is 6. The molecule has 0 fully saturated rings. The van der Waals surface area contributed by atoms with Crippen molar-refractivity contribution >= 4 is 43.3 Å². The third kappa shape index (κ3) is 4.09. The van der Waals surface area contributed by atoms with Gasteiger partial charge in [0, 0.05) is 19.2 Å². The predicted octanol–water partition coefficient (Wildman–Crippen LogP) is 3.76. The highest BCUT2D eigenvalue weighted by molar-refractivity contribution is 7.89. The average molecular weight is 439 g/mol. The second kappa shape index (κ2) is 8.31. The zero-order valence-corrected chi connectivity index (χ0v) is 17.7. The Balaban J connectivity index is 1.50. The highest BCUT2D eigenvalue weighted by atomic mass is 32.2. The Morgan fingerprint density at radius 2 is 1.77 bits per heavy atom. The van der Waals surface area contributed by atoms with Crippen LogP contribution in [0.3, 0.4) is 0 Å². The molecule has 2 heterocycles. The van der Waals surface area contributed by atoms with Crippen molar-refractivity contribution in [3.63, 3.8) is 0 Å². The normalized spacial score (nSPS) is 11.7. The van der Waals surface area contributed by atoms with Gasteiger partial charge in [-0.05, 0) is 41.3 Å². The van der Waals surface area contributed by atoms with Gasteiger partial charge in [0.1, 0.15) is 17.0 Å². The highest BCUT2D eigenvalue weighted by Gasteiger charge is 2.21. The van der Waals surface area contributed by atoms with Crippen LogP contribution in [0.5, 0.6) is 0 Å². The van der Waals surface area contributed by atoms with E-state index in [0.29, 0.717) is 11.4 Å². The Morgan fingerprint density at radius 1 is 1.03 bits per heavy atom. The zero-order valence-electron chi connectivity index (χ0n) is 16.0. The molecular weight excluding hydrogens is 420 g/mol. The Bertz CT molecular complexity index is 1290. The smallest absolute Gasteiger partial charge is 0.256 e. The van der Waals surface area contributed by atoms with Gasteiger partial charge in [-0.25, -0.2) is 18.4 Å². The van der Waals surface area contributed by atoms with E-state index < -0.39 is 10.0 Å². The van der Waals surface area contributed by atoms with Crippen molar-refractivity contribution in [3.05, 3.63) is 83.5 Å². The molecule has 4 aromatic rings. The number of aromatic nitrogens is 2. The molecule has 4 rings (SSSR count). The Morgan fingerprint density at radius 3 is 2.50 bits per heavy atom. The number of nitrogens with zero attached hydrogens (tertiary/aromatic N) is 3. The number of rotatable bonds is 6. The first-order valence-electron chi connectivity index (χ1n) is 9.05. The summed E-state index contributed by atoms with van der Waals surface area (Å²) in [7, 11) is -2.15. The molecule has 2 aromatic heterocycles. The quantitative estimate of drug-likeness (QED) is 0.495. The van der Waals surface area contributed by atoms with E-state index in [1.807, 2.05) is 41.8 Å². The highest BCUT2D eigenvalue weighted by Crippen LogP contribution is 2.24. The molecule has 2 aromatic carbocycles. The number of carbonyl (C=O) groups excluding carboxylic acids is 1. The van der Waals surface area contributed by atoms with E-state index in [0.717, 1.165) is 15.8 Å². The average Bonchev–Trinajstić information content (AvgIpc) is 3.24. The first-order chi connectivity index (χ1) is 14.4. The summed E-state index contributed by atoms with van der Waals surface area (Å²) in [6.45, 7) is 0.260. The molecule has 0 saturated heterocycles. The molecule has 0 radical (unpaired) electrons. The van der Waals surface area contributed by atoms with E-state index in [4.69, 9.17) is 0 Å². The molecule has 0 aliphatic rings. The van der Waals surface area contributed by atoms with E-state index in [-0.39, 0.29) is 17.3 Å². The van der Waals surface area contributed by atoms with Crippen LogP contribution >= 0.6 is 11.3 Å². The summed E-state index contributed by atoms with van der Waals surface area (Å²) in [4.78, 5) is 21.8. The van der Waals surface area contributed by atoms with Gasteiger partial charge in [0.25, 0.3) is 5.91 Å². The zero-order chi connectivity index (χ0) is 21.1. The van der Waals surface area contributed by atoms with E-state index in [1.165, 1.54) is 53.3 Å². The van der Waals surface area contributed by atoms with Crippen LogP contribution in [0.2, 0.25) is 0 Å². The van der Waals surface area contributed by atoms with Crippen molar-refractivity contribution in [1.82, 2.24) is 14.3 Å². The first kappa shape index (κ1) is 20.1. The van der Waals surface area contributed by atoms with E-state index in [2.05, 4.69) is 15.3 Å². The van der Waals surface area contributed by atoms with Gasteiger partial charge in [-0.15, -0.1) is 11.3 Å². The van der Waals surface area contributed by atoms with Gasteiger partial charge in [-0.3, -0.25) is 4.79 Å². The van der Waals surface area contributed by atoms with E-state index >= 15 is 0 Å². The monoisotopic (exact) mass is 438 g/mol. The Labute approximate surface area is 178 Å². The van der Waals surface area contributed by atoms with Gasteiger partial charge >= 0.3 is 0 Å². The molecule has 0 aliphatic heterocycles. The lowest BCUT2D eigenvalue weighted by Crippen LogP contribution is -2.26. The number of benzene rings is 2. The lowest BCUT2D eigenvalue weighted by Gasteiger charge is -2.17. The molecule has 1 amide bonds. The largest absolute Gasteiger partial charge is 0.306 e. The summed E-state index contributed by atoms with van der Waals surface area (Å²) >= 11 is 1.46. The fraction of sp³-hybridized carbons (Fsp3) is 0.0952. The van der Waals surface area contributed by atoms with Gasteiger partial charge in [0.2, 0.25) is 10.0 Å². The number of thiophene rings is 1. The number of carbonyl (C=O) groups is 1. The Kier molecular flexibility index (Phi) is 5.58. The van der Waals surface area contributed by atoms with Crippen LogP contribution in [0.15, 0.2) is 77.3 Å². The standard InChI is InChI=1S/C21H18N4O3S2/c1-25(13-15-5-3-2-4-6-15)30(27,28)17-9-7-16(8-10-17)20(26)24-19-18-11-12-29-21(18)23-14-22-19/h2-12,14H,13H2,1H3,(H,22,23,24,26). The van der Waals surface area contributed by atoms with Crippen molar-refractivity contribution in [2.24, 2.45) is 0 Å². The van der Waals surface area contributed by atoms with E-state index in [9.17, 15) is 13.2 Å². The van der Waals surface area contributed by atoms with E-state index in [1.54, 1.807) is 0 Å². The molecule has 0 unspecified atom stereocenters. The summed E-state index contributed by atoms with van der Waals surface area (Å²) in [5.41, 5.74) is 1.23. The van der Waals surface area contributed by atoms with Crippen LogP contribution in [0.4, 0.5) is 5.82 Å². The molecule has 7 nitrogen and oxygen atoms in total. The van der Waals surface area contributed by atoms with Gasteiger partial charge in [-0.2, -0.15) is 4.31 Å². The molecular formula is C21H18N4O3S2. The van der Waals surface area contributed by atoms with Crippen LogP contribution in [-0.4, -0.2) is 35.6 Å². The van der Waals surface area contributed by atoms with Gasteiger partial charge < -0.3 is 5.32 Å². The first-order valence-corrected chi connectivity index (χ1v) is 11.4. The lowest BCUT2D eigenvalue weighted by molar-refractivity contribution is 0.102. The third-order valence-electron chi connectivity index (χ3n) is 4.57. The van der Waals surface area contributed by atoms with Gasteiger partial charge in [0.05, 0.1) is 10.3 Å². The summed E-state index contributed by atoms with van der Waals surface area (Å²) in [5.74, 6) is 0.0494. The van der Waals surface area contributed by atoms with Crippen LogP contribution in [-0.2, 0) is 16.6 Å². The molecule has 1 N–H and O–H groups in total. The van der Waals surface area contributed by atoms with Gasteiger partial charge in [0.15, 0.2) is 0 Å².